The predicted molar refractivity (Wildman–Crippen MR) is 59.0 cm³/mol. The largest absolute Gasteiger partial charge is 0.388 e. The number of hydrogen-bond acceptors (Lipinski definition) is 5. The SMILES string of the molecule is OCc1nc(N2CCCC3CNCC32)n[nH]1. The summed E-state index contributed by atoms with van der Waals surface area (Å²) in [5.41, 5.74) is 0. The molecule has 3 rings (SSSR count). The third-order valence-electron chi connectivity index (χ3n) is 3.60. The maximum Gasteiger partial charge on any atom is 0.245 e. The molecule has 2 aliphatic heterocycles. The molecule has 2 atom stereocenters. The van der Waals surface area contributed by atoms with E-state index in [2.05, 4.69) is 25.4 Å². The number of aliphatic hydroxyl groups is 1. The van der Waals surface area contributed by atoms with E-state index in [1.54, 1.807) is 0 Å². The Labute approximate surface area is 94.1 Å². The highest BCUT2D eigenvalue weighted by molar-refractivity contribution is 5.33. The molecule has 0 aromatic carbocycles. The Balaban J connectivity index is 1.82. The Morgan fingerprint density at radius 3 is 3.19 bits per heavy atom. The van der Waals surface area contributed by atoms with Crippen LogP contribution in [0.25, 0.3) is 0 Å². The third kappa shape index (κ3) is 1.58. The lowest BCUT2D eigenvalue weighted by molar-refractivity contribution is 0.272. The lowest BCUT2D eigenvalue weighted by Crippen LogP contribution is -2.45. The number of fused-ring (bicyclic) bond motifs is 1. The second-order valence-corrected chi connectivity index (χ2v) is 4.56. The van der Waals surface area contributed by atoms with Gasteiger partial charge in [-0.1, -0.05) is 0 Å². The van der Waals surface area contributed by atoms with Crippen LogP contribution in [0.4, 0.5) is 5.95 Å². The number of aliphatic hydroxyl groups excluding tert-OH is 1. The molecule has 16 heavy (non-hydrogen) atoms. The lowest BCUT2D eigenvalue weighted by atomic mass is 9.92. The topological polar surface area (TPSA) is 77.1 Å². The molecule has 3 N–H and O–H groups in total. The van der Waals surface area contributed by atoms with Gasteiger partial charge in [-0.2, -0.15) is 4.98 Å². The van der Waals surface area contributed by atoms with Gasteiger partial charge in [-0.3, -0.25) is 5.10 Å². The van der Waals surface area contributed by atoms with Crippen LogP contribution >= 0.6 is 0 Å². The molecule has 2 aliphatic rings. The van der Waals surface area contributed by atoms with Gasteiger partial charge in [0.2, 0.25) is 5.95 Å². The summed E-state index contributed by atoms with van der Waals surface area (Å²) in [4.78, 5) is 6.56. The summed E-state index contributed by atoms with van der Waals surface area (Å²) in [7, 11) is 0. The Bertz CT molecular complexity index is 366. The number of H-pyrrole nitrogens is 1. The summed E-state index contributed by atoms with van der Waals surface area (Å²) in [6.45, 7) is 3.07. The first-order valence-electron chi connectivity index (χ1n) is 5.88. The molecule has 1 aromatic heterocycles. The highest BCUT2D eigenvalue weighted by Gasteiger charge is 2.36. The first-order chi connectivity index (χ1) is 7.88. The maximum absolute atomic E-state index is 8.97. The van der Waals surface area contributed by atoms with Crippen LogP contribution in [0.15, 0.2) is 0 Å². The van der Waals surface area contributed by atoms with Gasteiger partial charge in [0.15, 0.2) is 5.82 Å². The number of aromatic amines is 1. The third-order valence-corrected chi connectivity index (χ3v) is 3.60. The molecule has 1 aromatic rings. The first kappa shape index (κ1) is 10.0. The quantitative estimate of drug-likeness (QED) is 0.629. The molecule has 0 bridgehead atoms. The van der Waals surface area contributed by atoms with E-state index in [4.69, 9.17) is 5.11 Å². The van der Waals surface area contributed by atoms with Crippen LogP contribution in [0, 0.1) is 5.92 Å². The van der Waals surface area contributed by atoms with E-state index in [0.717, 1.165) is 31.5 Å². The smallest absolute Gasteiger partial charge is 0.245 e. The average molecular weight is 223 g/mol. The minimum absolute atomic E-state index is 0.0762. The van der Waals surface area contributed by atoms with Gasteiger partial charge in [0.1, 0.15) is 6.61 Å². The minimum atomic E-state index is -0.0762. The van der Waals surface area contributed by atoms with Crippen LogP contribution in [-0.4, -0.2) is 46.0 Å². The highest BCUT2D eigenvalue weighted by atomic mass is 16.3. The van der Waals surface area contributed by atoms with Crippen molar-refractivity contribution in [3.8, 4) is 0 Å². The zero-order valence-corrected chi connectivity index (χ0v) is 9.19. The highest BCUT2D eigenvalue weighted by Crippen LogP contribution is 2.28. The molecular formula is C10H17N5O. The summed E-state index contributed by atoms with van der Waals surface area (Å²) in [5, 5.41) is 19.3. The Hall–Kier alpha value is -1.14. The van der Waals surface area contributed by atoms with E-state index in [-0.39, 0.29) is 6.61 Å². The van der Waals surface area contributed by atoms with Crippen LogP contribution in [0.1, 0.15) is 18.7 Å². The zero-order valence-electron chi connectivity index (χ0n) is 9.19. The van der Waals surface area contributed by atoms with E-state index in [9.17, 15) is 0 Å². The molecule has 6 heteroatoms. The lowest BCUT2D eigenvalue weighted by Gasteiger charge is -2.36. The van der Waals surface area contributed by atoms with Crippen LogP contribution in [0.2, 0.25) is 0 Å². The van der Waals surface area contributed by atoms with Crippen LogP contribution in [0.3, 0.4) is 0 Å². The summed E-state index contributed by atoms with van der Waals surface area (Å²) < 4.78 is 0. The molecule has 0 radical (unpaired) electrons. The molecule has 0 aliphatic carbocycles. The second kappa shape index (κ2) is 4.03. The van der Waals surface area contributed by atoms with Gasteiger partial charge in [0, 0.05) is 25.7 Å². The van der Waals surface area contributed by atoms with Crippen molar-refractivity contribution in [2.24, 2.45) is 5.92 Å². The van der Waals surface area contributed by atoms with Crippen molar-refractivity contribution in [2.75, 3.05) is 24.5 Å². The molecule has 6 nitrogen and oxygen atoms in total. The Morgan fingerprint density at radius 2 is 2.38 bits per heavy atom. The van der Waals surface area contributed by atoms with Gasteiger partial charge in [-0.25, -0.2) is 0 Å². The predicted octanol–water partition coefficient (Wildman–Crippen LogP) is -0.515. The van der Waals surface area contributed by atoms with E-state index < -0.39 is 0 Å². The van der Waals surface area contributed by atoms with Crippen molar-refractivity contribution in [2.45, 2.75) is 25.5 Å². The molecule has 0 spiro atoms. The van der Waals surface area contributed by atoms with Gasteiger partial charge in [0.05, 0.1) is 0 Å². The number of hydrogen-bond donors (Lipinski definition) is 3. The zero-order chi connectivity index (χ0) is 11.0. The van der Waals surface area contributed by atoms with Gasteiger partial charge in [-0.15, -0.1) is 5.10 Å². The molecule has 3 heterocycles. The fraction of sp³-hybridized carbons (Fsp3) is 0.800. The number of nitrogens with one attached hydrogen (secondary N) is 2. The average Bonchev–Trinajstić information content (AvgIpc) is 2.97. The standard InChI is InChI=1S/C10H17N5O/c16-6-9-12-10(14-13-9)15-3-1-2-7-4-11-5-8(7)15/h7-8,11,16H,1-6H2,(H,12,13,14). The van der Waals surface area contributed by atoms with E-state index in [0.29, 0.717) is 11.9 Å². The summed E-state index contributed by atoms with van der Waals surface area (Å²) in [5.74, 6) is 2.01. The Kier molecular flexibility index (Phi) is 2.53. The summed E-state index contributed by atoms with van der Waals surface area (Å²) in [6, 6.07) is 0.524. The number of anilines is 1. The van der Waals surface area contributed by atoms with E-state index in [1.807, 2.05) is 0 Å². The van der Waals surface area contributed by atoms with Crippen LogP contribution in [-0.2, 0) is 6.61 Å². The van der Waals surface area contributed by atoms with Gasteiger partial charge in [0.25, 0.3) is 0 Å². The van der Waals surface area contributed by atoms with Gasteiger partial charge < -0.3 is 15.3 Å². The number of nitrogens with zero attached hydrogens (tertiary/aromatic N) is 3. The number of aromatic nitrogens is 3. The molecule has 2 fully saturated rings. The number of piperidine rings is 1. The van der Waals surface area contributed by atoms with Gasteiger partial charge in [-0.05, 0) is 18.8 Å². The van der Waals surface area contributed by atoms with Crippen molar-refractivity contribution in [3.63, 3.8) is 0 Å². The van der Waals surface area contributed by atoms with Gasteiger partial charge >= 0.3 is 0 Å². The molecule has 0 saturated carbocycles. The fourth-order valence-electron chi connectivity index (χ4n) is 2.80. The molecule has 2 unspecified atom stereocenters. The summed E-state index contributed by atoms with van der Waals surface area (Å²) in [6.07, 6.45) is 2.50. The molecule has 88 valence electrons. The normalized spacial score (nSPS) is 29.4. The summed E-state index contributed by atoms with van der Waals surface area (Å²) >= 11 is 0. The molecular weight excluding hydrogens is 206 g/mol. The van der Waals surface area contributed by atoms with Crippen molar-refractivity contribution in [1.82, 2.24) is 20.5 Å². The van der Waals surface area contributed by atoms with E-state index in [1.165, 1.54) is 12.8 Å². The van der Waals surface area contributed by atoms with E-state index >= 15 is 0 Å². The molecule has 2 saturated heterocycles. The van der Waals surface area contributed by atoms with Crippen LogP contribution in [0.5, 0.6) is 0 Å². The monoisotopic (exact) mass is 223 g/mol. The van der Waals surface area contributed by atoms with Crippen molar-refractivity contribution >= 4 is 5.95 Å². The fourth-order valence-corrected chi connectivity index (χ4v) is 2.80. The second-order valence-electron chi connectivity index (χ2n) is 4.56. The Morgan fingerprint density at radius 1 is 1.44 bits per heavy atom. The number of rotatable bonds is 2. The molecule has 0 amide bonds. The van der Waals surface area contributed by atoms with Crippen LogP contribution < -0.4 is 10.2 Å². The van der Waals surface area contributed by atoms with Crippen molar-refractivity contribution in [3.05, 3.63) is 5.82 Å². The van der Waals surface area contributed by atoms with Crippen molar-refractivity contribution < 1.29 is 5.11 Å². The van der Waals surface area contributed by atoms with Crippen molar-refractivity contribution in [1.29, 1.82) is 0 Å². The minimum Gasteiger partial charge on any atom is -0.388 e. The first-order valence-corrected chi connectivity index (χ1v) is 5.88. The maximum atomic E-state index is 8.97.